The van der Waals surface area contributed by atoms with Crippen molar-refractivity contribution in [2.45, 2.75) is 66.0 Å². The van der Waals surface area contributed by atoms with Gasteiger partial charge in [-0.05, 0) is 30.0 Å². The highest BCUT2D eigenvalue weighted by atomic mass is 14.3. The van der Waals surface area contributed by atoms with Crippen molar-refractivity contribution in [3.05, 3.63) is 24.2 Å². The zero-order valence-electron chi connectivity index (χ0n) is 13.2. The molecule has 0 bridgehead atoms. The third-order valence-electron chi connectivity index (χ3n) is 3.92. The predicted octanol–water partition coefficient (Wildman–Crippen LogP) is 5.64. The van der Waals surface area contributed by atoms with Crippen LogP contribution in [0.1, 0.15) is 54.4 Å². The van der Waals surface area contributed by atoms with Gasteiger partial charge in [0.1, 0.15) is 0 Å². The second kappa shape index (κ2) is 6.64. The molecule has 1 heteroatoms. The summed E-state index contributed by atoms with van der Waals surface area (Å²) in [5.41, 5.74) is 0. The Morgan fingerprint density at radius 3 is 1.83 bits per heavy atom. The largest absolute Gasteiger partial charge is 0.177 e. The van der Waals surface area contributed by atoms with Crippen LogP contribution in [0.2, 0.25) is 11.6 Å². The molecule has 1 rings (SSSR count). The first-order valence-electron chi connectivity index (χ1n) is 7.71. The fourth-order valence-electron chi connectivity index (χ4n) is 3.62. The molecule has 0 N–H and O–H groups in total. The lowest BCUT2D eigenvalue weighted by atomic mass is 9.27. The molecule has 18 heavy (non-hydrogen) atoms. The lowest BCUT2D eigenvalue weighted by Crippen LogP contribution is -2.35. The summed E-state index contributed by atoms with van der Waals surface area (Å²) in [6.07, 6.45) is 11.0. The summed E-state index contributed by atoms with van der Waals surface area (Å²) in [7, 11) is 0. The molecule has 0 radical (unpaired) electrons. The number of hydrogen-bond acceptors (Lipinski definition) is 0. The van der Waals surface area contributed by atoms with Crippen molar-refractivity contribution in [3.63, 3.8) is 0 Å². The van der Waals surface area contributed by atoms with E-state index >= 15 is 0 Å². The Bertz CT molecular complexity index is 287. The zero-order chi connectivity index (χ0) is 13.8. The van der Waals surface area contributed by atoms with Crippen LogP contribution in [-0.2, 0) is 0 Å². The fraction of sp³-hybridized carbons (Fsp3) is 0.765. The summed E-state index contributed by atoms with van der Waals surface area (Å²) < 4.78 is 0. The number of hydrogen-bond donors (Lipinski definition) is 0. The lowest BCUT2D eigenvalue weighted by molar-refractivity contribution is 0.406. The van der Waals surface area contributed by atoms with E-state index in [4.69, 9.17) is 0 Å². The molecule has 0 aromatic heterocycles. The van der Waals surface area contributed by atoms with Crippen LogP contribution in [0.4, 0.5) is 0 Å². The Morgan fingerprint density at radius 1 is 0.833 bits per heavy atom. The summed E-state index contributed by atoms with van der Waals surface area (Å²) in [5, 5.41) is 0.404. The van der Waals surface area contributed by atoms with E-state index in [0.29, 0.717) is 5.31 Å². The molecule has 0 saturated heterocycles. The van der Waals surface area contributed by atoms with Crippen molar-refractivity contribution in [2.75, 3.05) is 0 Å². The van der Waals surface area contributed by atoms with Gasteiger partial charge in [0.15, 0.2) is 6.71 Å². The predicted molar refractivity (Wildman–Crippen MR) is 85.3 cm³/mol. The SMILES string of the molecule is CC(C)CB1C=CC=CC1(CC(C)C)CC(C)C. The Hall–Kier alpha value is -0.455. The van der Waals surface area contributed by atoms with Gasteiger partial charge in [-0.2, -0.15) is 0 Å². The highest BCUT2D eigenvalue weighted by Gasteiger charge is 2.39. The average molecular weight is 246 g/mol. The van der Waals surface area contributed by atoms with Crippen LogP contribution in [0.25, 0.3) is 0 Å². The summed E-state index contributed by atoms with van der Waals surface area (Å²) in [4.78, 5) is 0. The molecule has 0 aromatic carbocycles. The summed E-state index contributed by atoms with van der Waals surface area (Å²) >= 11 is 0. The van der Waals surface area contributed by atoms with Gasteiger partial charge in [0.05, 0.1) is 0 Å². The molecule has 0 atom stereocenters. The van der Waals surface area contributed by atoms with E-state index in [9.17, 15) is 0 Å². The highest BCUT2D eigenvalue weighted by Crippen LogP contribution is 2.48. The van der Waals surface area contributed by atoms with E-state index < -0.39 is 0 Å². The van der Waals surface area contributed by atoms with Gasteiger partial charge in [-0.15, -0.1) is 5.98 Å². The Morgan fingerprint density at radius 2 is 1.39 bits per heavy atom. The molecule has 0 amide bonds. The number of rotatable bonds is 6. The standard InChI is InChI=1S/C17H31B/c1-14(2)11-17(12-15(3)4)9-7-8-10-18(17)13-16(5)6/h7-10,14-16H,11-13H2,1-6H3. The maximum atomic E-state index is 2.51. The molecule has 1 heterocycles. The van der Waals surface area contributed by atoms with Crippen LogP contribution in [0.5, 0.6) is 0 Å². The fourth-order valence-corrected chi connectivity index (χ4v) is 3.62. The first-order valence-corrected chi connectivity index (χ1v) is 7.71. The van der Waals surface area contributed by atoms with Gasteiger partial charge in [-0.1, -0.05) is 72.0 Å². The Kier molecular flexibility index (Phi) is 5.75. The van der Waals surface area contributed by atoms with Gasteiger partial charge < -0.3 is 0 Å². The minimum Gasteiger partial charge on any atom is -0.114 e. The van der Waals surface area contributed by atoms with E-state index in [-0.39, 0.29) is 0 Å². The molecule has 1 aliphatic rings. The minimum atomic E-state index is 0.404. The van der Waals surface area contributed by atoms with Gasteiger partial charge >= 0.3 is 0 Å². The third kappa shape index (κ3) is 4.33. The maximum Gasteiger partial charge on any atom is 0.177 e. The molecular formula is C17H31B. The molecule has 0 fully saturated rings. The average Bonchev–Trinajstić information content (AvgIpc) is 2.18. The number of allylic oxidation sites excluding steroid dienone is 3. The van der Waals surface area contributed by atoms with Crippen LogP contribution in [0, 0.1) is 17.8 Å². The first kappa shape index (κ1) is 15.6. The van der Waals surface area contributed by atoms with Crippen LogP contribution in [0.3, 0.4) is 0 Å². The second-order valence-corrected chi connectivity index (χ2v) is 7.41. The second-order valence-electron chi connectivity index (χ2n) is 7.41. The monoisotopic (exact) mass is 246 g/mol. The molecule has 0 nitrogen and oxygen atoms in total. The third-order valence-corrected chi connectivity index (χ3v) is 3.92. The molecule has 0 unspecified atom stereocenters. The lowest BCUT2D eigenvalue weighted by Gasteiger charge is -2.40. The van der Waals surface area contributed by atoms with Gasteiger partial charge in [0.2, 0.25) is 0 Å². The van der Waals surface area contributed by atoms with Crippen LogP contribution in [0.15, 0.2) is 24.2 Å². The first-order chi connectivity index (χ1) is 8.35. The topological polar surface area (TPSA) is 0 Å². The van der Waals surface area contributed by atoms with E-state index in [0.717, 1.165) is 24.5 Å². The van der Waals surface area contributed by atoms with Crippen molar-refractivity contribution in [3.8, 4) is 0 Å². The molecule has 0 aliphatic carbocycles. The van der Waals surface area contributed by atoms with Crippen molar-refractivity contribution in [1.82, 2.24) is 0 Å². The quantitative estimate of drug-likeness (QED) is 0.532. The van der Waals surface area contributed by atoms with E-state index in [2.05, 4.69) is 65.7 Å². The Balaban J connectivity index is 2.95. The van der Waals surface area contributed by atoms with Crippen molar-refractivity contribution >= 4 is 6.71 Å². The van der Waals surface area contributed by atoms with E-state index in [1.165, 1.54) is 19.2 Å². The van der Waals surface area contributed by atoms with Crippen LogP contribution >= 0.6 is 0 Å². The highest BCUT2D eigenvalue weighted by molar-refractivity contribution is 6.68. The molecule has 0 saturated carbocycles. The Labute approximate surface area is 115 Å². The molecule has 1 aliphatic heterocycles. The van der Waals surface area contributed by atoms with Crippen molar-refractivity contribution in [2.24, 2.45) is 17.8 Å². The molecule has 102 valence electrons. The van der Waals surface area contributed by atoms with Crippen LogP contribution < -0.4 is 0 Å². The summed E-state index contributed by atoms with van der Waals surface area (Å²) in [6, 6.07) is 0. The van der Waals surface area contributed by atoms with Gasteiger partial charge in [0, 0.05) is 0 Å². The molecule has 0 aromatic rings. The van der Waals surface area contributed by atoms with Gasteiger partial charge in [-0.3, -0.25) is 0 Å². The van der Waals surface area contributed by atoms with E-state index in [1.54, 1.807) is 0 Å². The van der Waals surface area contributed by atoms with Crippen molar-refractivity contribution in [1.29, 1.82) is 0 Å². The molecule has 0 spiro atoms. The maximum absolute atomic E-state index is 2.51. The smallest absolute Gasteiger partial charge is 0.114 e. The minimum absolute atomic E-state index is 0.404. The normalized spacial score (nSPS) is 18.4. The van der Waals surface area contributed by atoms with Crippen molar-refractivity contribution < 1.29 is 0 Å². The van der Waals surface area contributed by atoms with E-state index in [1.807, 2.05) is 0 Å². The zero-order valence-corrected chi connectivity index (χ0v) is 13.2. The van der Waals surface area contributed by atoms with Gasteiger partial charge in [0.25, 0.3) is 0 Å². The van der Waals surface area contributed by atoms with Crippen LogP contribution in [-0.4, -0.2) is 6.71 Å². The molecular weight excluding hydrogens is 215 g/mol. The van der Waals surface area contributed by atoms with Gasteiger partial charge in [-0.25, -0.2) is 0 Å². The summed E-state index contributed by atoms with van der Waals surface area (Å²) in [5.74, 6) is 4.79. The summed E-state index contributed by atoms with van der Waals surface area (Å²) in [6.45, 7) is 14.9.